The number of benzene rings is 1. The lowest BCUT2D eigenvalue weighted by molar-refractivity contribution is 0.111. The van der Waals surface area contributed by atoms with Crippen molar-refractivity contribution in [2.75, 3.05) is 14.2 Å². The van der Waals surface area contributed by atoms with Gasteiger partial charge in [-0.15, -0.1) is 0 Å². The average Bonchev–Trinajstić information content (AvgIpc) is 2.23. The highest BCUT2D eigenvalue weighted by Gasteiger charge is 2.22. The zero-order chi connectivity index (χ0) is 11.6. The number of carbonyl (C=O) groups excluding carboxylic acids is 1. The van der Waals surface area contributed by atoms with Crippen molar-refractivity contribution in [2.45, 2.75) is 0 Å². The Morgan fingerprint density at radius 2 is 1.67 bits per heavy atom. The first kappa shape index (κ1) is 12.8. The van der Waals surface area contributed by atoms with Gasteiger partial charge in [-0.1, -0.05) is 0 Å². The maximum Gasteiger partial charge on any atom is 0.157 e. The second-order valence-electron chi connectivity index (χ2n) is 2.57. The molecule has 0 radical (unpaired) electrons. The molecule has 1 aromatic carbocycles. The molecule has 82 valence electrons. The number of rotatable bonds is 3. The summed E-state index contributed by atoms with van der Waals surface area (Å²) in [7, 11) is 2.94. The van der Waals surface area contributed by atoms with E-state index in [1.165, 1.54) is 14.2 Å². The second kappa shape index (κ2) is 5.19. The predicted octanol–water partition coefficient (Wildman–Crippen LogP) is 2.43. The van der Waals surface area contributed by atoms with E-state index in [2.05, 4.69) is 0 Å². The molecular formula is C9H8I2O4. The van der Waals surface area contributed by atoms with Crippen LogP contribution in [0.3, 0.4) is 0 Å². The highest BCUT2D eigenvalue weighted by atomic mass is 127. The normalized spacial score (nSPS) is 9.87. The Labute approximate surface area is 114 Å². The minimum Gasteiger partial charge on any atom is -0.506 e. The van der Waals surface area contributed by atoms with Crippen molar-refractivity contribution in [3.05, 3.63) is 12.7 Å². The number of methoxy groups -OCH3 is 2. The fraction of sp³-hybridized carbons (Fsp3) is 0.222. The lowest BCUT2D eigenvalue weighted by Gasteiger charge is -2.14. The van der Waals surface area contributed by atoms with Gasteiger partial charge in [0.05, 0.1) is 21.4 Å². The Kier molecular flexibility index (Phi) is 4.44. The van der Waals surface area contributed by atoms with Crippen molar-refractivity contribution < 1.29 is 19.4 Å². The van der Waals surface area contributed by atoms with Gasteiger partial charge in [0.1, 0.15) is 17.1 Å². The van der Waals surface area contributed by atoms with Crippen molar-refractivity contribution in [1.82, 2.24) is 0 Å². The van der Waals surface area contributed by atoms with Gasteiger partial charge in [0.2, 0.25) is 0 Å². The SMILES string of the molecule is COc1c(I)c(O)c(C=O)c(OC)c1I. The monoisotopic (exact) mass is 434 g/mol. The highest BCUT2D eigenvalue weighted by molar-refractivity contribution is 14.1. The van der Waals surface area contributed by atoms with Crippen LogP contribution in [0.1, 0.15) is 10.4 Å². The molecule has 0 heterocycles. The maximum atomic E-state index is 10.8. The molecule has 1 rings (SSSR count). The van der Waals surface area contributed by atoms with Crippen molar-refractivity contribution >= 4 is 51.5 Å². The molecule has 0 unspecified atom stereocenters. The predicted molar refractivity (Wildman–Crippen MR) is 72.0 cm³/mol. The van der Waals surface area contributed by atoms with Crippen LogP contribution in [0, 0.1) is 7.14 Å². The van der Waals surface area contributed by atoms with Gasteiger partial charge in [-0.25, -0.2) is 0 Å². The van der Waals surface area contributed by atoms with Crippen LogP contribution in [0.2, 0.25) is 0 Å². The van der Waals surface area contributed by atoms with Gasteiger partial charge in [-0.3, -0.25) is 4.79 Å². The number of aldehydes is 1. The molecular weight excluding hydrogens is 426 g/mol. The van der Waals surface area contributed by atoms with Crippen molar-refractivity contribution in [1.29, 1.82) is 0 Å². The fourth-order valence-electron chi connectivity index (χ4n) is 1.14. The molecule has 0 fully saturated rings. The topological polar surface area (TPSA) is 55.8 Å². The van der Waals surface area contributed by atoms with E-state index in [-0.39, 0.29) is 11.3 Å². The Morgan fingerprint density at radius 3 is 2.07 bits per heavy atom. The Morgan fingerprint density at radius 1 is 1.13 bits per heavy atom. The molecule has 0 saturated carbocycles. The van der Waals surface area contributed by atoms with Crippen LogP contribution in [-0.4, -0.2) is 25.6 Å². The third kappa shape index (κ3) is 2.14. The van der Waals surface area contributed by atoms with Gasteiger partial charge in [0.15, 0.2) is 12.0 Å². The van der Waals surface area contributed by atoms with Crippen molar-refractivity contribution in [3.63, 3.8) is 0 Å². The Hall–Kier alpha value is -0.250. The molecule has 6 heteroatoms. The molecule has 0 amide bonds. The number of phenols is 1. The molecule has 0 atom stereocenters. The molecule has 0 aliphatic carbocycles. The maximum absolute atomic E-state index is 10.8. The summed E-state index contributed by atoms with van der Waals surface area (Å²) in [5, 5.41) is 9.74. The smallest absolute Gasteiger partial charge is 0.157 e. The van der Waals surface area contributed by atoms with E-state index < -0.39 is 0 Å². The van der Waals surface area contributed by atoms with E-state index in [4.69, 9.17) is 9.47 Å². The van der Waals surface area contributed by atoms with E-state index in [9.17, 15) is 9.90 Å². The zero-order valence-electron chi connectivity index (χ0n) is 8.01. The number of halogens is 2. The summed E-state index contributed by atoms with van der Waals surface area (Å²) in [6, 6.07) is 0. The van der Waals surface area contributed by atoms with E-state index in [0.29, 0.717) is 24.9 Å². The van der Waals surface area contributed by atoms with Gasteiger partial charge >= 0.3 is 0 Å². The van der Waals surface area contributed by atoms with Gasteiger partial charge in [0, 0.05) is 0 Å². The van der Waals surface area contributed by atoms with Crippen LogP contribution < -0.4 is 9.47 Å². The second-order valence-corrected chi connectivity index (χ2v) is 4.73. The van der Waals surface area contributed by atoms with Gasteiger partial charge in [-0.05, 0) is 45.2 Å². The van der Waals surface area contributed by atoms with Crippen molar-refractivity contribution in [2.24, 2.45) is 0 Å². The van der Waals surface area contributed by atoms with E-state index >= 15 is 0 Å². The van der Waals surface area contributed by atoms with Crippen LogP contribution in [0.5, 0.6) is 17.2 Å². The molecule has 0 aliphatic rings. The lowest BCUT2D eigenvalue weighted by Crippen LogP contribution is -2.00. The molecule has 0 aliphatic heterocycles. The molecule has 0 saturated heterocycles. The summed E-state index contributed by atoms with van der Waals surface area (Å²) < 4.78 is 11.4. The largest absolute Gasteiger partial charge is 0.506 e. The number of hydrogen-bond acceptors (Lipinski definition) is 4. The van der Waals surface area contributed by atoms with Gasteiger partial charge in [0.25, 0.3) is 0 Å². The molecule has 15 heavy (non-hydrogen) atoms. The number of hydrogen-bond donors (Lipinski definition) is 1. The summed E-state index contributed by atoms with van der Waals surface area (Å²) in [4.78, 5) is 10.8. The number of phenolic OH excluding ortho intramolecular Hbond substituents is 1. The van der Waals surface area contributed by atoms with Crippen LogP contribution in [-0.2, 0) is 0 Å². The Bertz CT molecular complexity index is 404. The first-order valence-electron chi connectivity index (χ1n) is 3.85. The zero-order valence-corrected chi connectivity index (χ0v) is 12.3. The summed E-state index contributed by atoms with van der Waals surface area (Å²) in [5.41, 5.74) is 0.145. The van der Waals surface area contributed by atoms with E-state index in [0.717, 1.165) is 0 Å². The first-order valence-corrected chi connectivity index (χ1v) is 6.01. The summed E-state index contributed by atoms with van der Waals surface area (Å²) >= 11 is 3.93. The minimum absolute atomic E-state index is 0.111. The standard InChI is InChI=1S/C9H8I2O4/c1-14-8-4(3-12)7(13)5(10)9(15-2)6(8)11/h3,13H,1-2H3. The third-order valence-electron chi connectivity index (χ3n) is 1.83. The molecule has 1 aromatic rings. The van der Waals surface area contributed by atoms with Crippen LogP contribution >= 0.6 is 45.2 Å². The minimum atomic E-state index is -0.111. The Balaban J connectivity index is 3.64. The highest BCUT2D eigenvalue weighted by Crippen LogP contribution is 2.43. The molecule has 4 nitrogen and oxygen atoms in total. The van der Waals surface area contributed by atoms with Gasteiger partial charge < -0.3 is 14.6 Å². The molecule has 1 N–H and O–H groups in total. The quantitative estimate of drug-likeness (QED) is 0.587. The number of aromatic hydroxyl groups is 1. The average molecular weight is 434 g/mol. The summed E-state index contributed by atoms with van der Waals surface area (Å²) in [5.74, 6) is 0.733. The van der Waals surface area contributed by atoms with Crippen LogP contribution in [0.15, 0.2) is 0 Å². The third-order valence-corrected chi connectivity index (χ3v) is 3.81. The van der Waals surface area contributed by atoms with Crippen LogP contribution in [0.25, 0.3) is 0 Å². The number of carbonyl (C=O) groups is 1. The van der Waals surface area contributed by atoms with Crippen LogP contribution in [0.4, 0.5) is 0 Å². The lowest BCUT2D eigenvalue weighted by atomic mass is 10.2. The van der Waals surface area contributed by atoms with Crippen molar-refractivity contribution in [3.8, 4) is 17.2 Å². The first-order chi connectivity index (χ1) is 7.08. The van der Waals surface area contributed by atoms with Gasteiger partial charge in [-0.2, -0.15) is 0 Å². The van der Waals surface area contributed by atoms with E-state index in [1.54, 1.807) is 0 Å². The summed E-state index contributed by atoms with van der Waals surface area (Å²) in [6.45, 7) is 0. The van der Waals surface area contributed by atoms with E-state index in [1.807, 2.05) is 45.2 Å². The molecule has 0 spiro atoms. The molecule has 0 aromatic heterocycles. The molecule has 0 bridgehead atoms. The summed E-state index contributed by atoms with van der Waals surface area (Å²) in [6.07, 6.45) is 0.567. The number of ether oxygens (including phenoxy) is 2. The fourth-order valence-corrected chi connectivity index (χ4v) is 3.44.